The lowest BCUT2D eigenvalue weighted by molar-refractivity contribution is 0.0499. The van der Waals surface area contributed by atoms with Gasteiger partial charge >= 0.3 is 11.8 Å². The van der Waals surface area contributed by atoms with Gasteiger partial charge in [-0.1, -0.05) is 42.5 Å². The monoisotopic (exact) mass is 536 g/mol. The minimum atomic E-state index is -0.609. The molecule has 208 valence electrons. The van der Waals surface area contributed by atoms with E-state index in [1.165, 1.54) is 4.57 Å². The zero-order valence-electron chi connectivity index (χ0n) is 23.1. The number of anilines is 1. The van der Waals surface area contributed by atoms with Gasteiger partial charge in [0.1, 0.15) is 5.60 Å². The topological polar surface area (TPSA) is 120 Å². The fourth-order valence-corrected chi connectivity index (χ4v) is 4.73. The quantitative estimate of drug-likeness (QED) is 0.364. The van der Waals surface area contributed by atoms with Crippen LogP contribution in [0.5, 0.6) is 0 Å². The van der Waals surface area contributed by atoms with Crippen LogP contribution in [0, 0.1) is 0 Å². The van der Waals surface area contributed by atoms with Gasteiger partial charge in [0.05, 0.1) is 6.54 Å². The third-order valence-electron chi connectivity index (χ3n) is 6.56. The molecule has 1 amide bonds. The number of hydrogen-bond donors (Lipinski definition) is 1. The number of nitrogens with zero attached hydrogens (tertiary/aromatic N) is 5. The first-order valence-corrected chi connectivity index (χ1v) is 13.1. The second-order valence-corrected chi connectivity index (χ2v) is 10.7. The summed E-state index contributed by atoms with van der Waals surface area (Å²) in [6.45, 7) is 8.43. The summed E-state index contributed by atoms with van der Waals surface area (Å²) >= 11 is 0. The number of rotatable bonds is 7. The summed E-state index contributed by atoms with van der Waals surface area (Å²) in [5.41, 5.74) is -0.871. The molecule has 11 heteroatoms. The molecule has 4 rings (SSSR count). The number of ketones is 1. The van der Waals surface area contributed by atoms with Gasteiger partial charge in [0, 0.05) is 38.3 Å². The second kappa shape index (κ2) is 11.3. The van der Waals surface area contributed by atoms with E-state index in [2.05, 4.69) is 5.32 Å². The first-order chi connectivity index (χ1) is 18.5. The van der Waals surface area contributed by atoms with Crippen LogP contribution in [0.25, 0.3) is 11.2 Å². The Hall–Kier alpha value is -4.15. The number of amides is 1. The third kappa shape index (κ3) is 6.13. The van der Waals surface area contributed by atoms with Crippen molar-refractivity contribution >= 4 is 29.0 Å². The van der Waals surface area contributed by atoms with Crippen LogP contribution < -0.4 is 21.5 Å². The number of piperidine rings is 1. The molecule has 0 spiro atoms. The summed E-state index contributed by atoms with van der Waals surface area (Å²) in [6, 6.07) is 8.40. The number of imidazole rings is 1. The lowest BCUT2D eigenvalue weighted by atomic mass is 10.1. The Morgan fingerprint density at radius 1 is 1.15 bits per heavy atom. The Kier molecular flexibility index (Phi) is 8.08. The number of carbonyl (C=O) groups excluding carboxylic acids is 2. The van der Waals surface area contributed by atoms with E-state index in [0.717, 1.165) is 17.4 Å². The zero-order chi connectivity index (χ0) is 28.3. The van der Waals surface area contributed by atoms with Crippen molar-refractivity contribution in [3.63, 3.8) is 0 Å². The number of Topliss-reactive ketones (excluding diaryl/α,β-unsaturated/α-hetero) is 1. The van der Waals surface area contributed by atoms with Crippen molar-refractivity contribution in [1.82, 2.24) is 24.0 Å². The van der Waals surface area contributed by atoms with Crippen molar-refractivity contribution in [2.24, 2.45) is 7.05 Å². The number of fused-ring (bicyclic) bond motifs is 1. The van der Waals surface area contributed by atoms with E-state index < -0.39 is 22.9 Å². The molecule has 1 aliphatic heterocycles. The number of aryl methyl sites for hydroxylation is 1. The van der Waals surface area contributed by atoms with Crippen LogP contribution in [0.15, 0.2) is 52.1 Å². The van der Waals surface area contributed by atoms with Gasteiger partial charge in [-0.3, -0.25) is 18.7 Å². The van der Waals surface area contributed by atoms with E-state index in [1.807, 2.05) is 44.7 Å². The number of aromatic nitrogens is 4. The van der Waals surface area contributed by atoms with Crippen LogP contribution >= 0.6 is 0 Å². The number of hydrogen-bond acceptors (Lipinski definition) is 7. The van der Waals surface area contributed by atoms with Gasteiger partial charge in [-0.15, -0.1) is 0 Å². The molecule has 3 heterocycles. The fraction of sp³-hybridized carbons (Fsp3) is 0.464. The van der Waals surface area contributed by atoms with Crippen LogP contribution in [-0.4, -0.2) is 55.3 Å². The molecule has 2 aromatic heterocycles. The van der Waals surface area contributed by atoms with Crippen LogP contribution in [0.1, 0.15) is 50.9 Å². The molecule has 1 aliphatic rings. The highest BCUT2D eigenvalue weighted by atomic mass is 16.6. The molecule has 0 radical (unpaired) electrons. The maximum Gasteiger partial charge on any atom is 0.407 e. The minimum absolute atomic E-state index is 0.174. The van der Waals surface area contributed by atoms with Crippen molar-refractivity contribution in [2.45, 2.75) is 65.3 Å². The Morgan fingerprint density at radius 3 is 2.54 bits per heavy atom. The maximum atomic E-state index is 13.7. The summed E-state index contributed by atoms with van der Waals surface area (Å²) in [5, 5.41) is 2.94. The highest BCUT2D eigenvalue weighted by Crippen LogP contribution is 2.24. The first-order valence-electron chi connectivity index (χ1n) is 13.1. The average molecular weight is 537 g/mol. The predicted octanol–water partition coefficient (Wildman–Crippen LogP) is 2.85. The van der Waals surface area contributed by atoms with Gasteiger partial charge in [0.2, 0.25) is 5.95 Å². The van der Waals surface area contributed by atoms with E-state index in [0.29, 0.717) is 31.1 Å². The Bertz CT molecular complexity index is 1510. The Balaban J connectivity index is 1.73. The highest BCUT2D eigenvalue weighted by Gasteiger charge is 2.29. The fourth-order valence-electron chi connectivity index (χ4n) is 4.73. The van der Waals surface area contributed by atoms with Crippen LogP contribution in [0.4, 0.5) is 10.7 Å². The van der Waals surface area contributed by atoms with Gasteiger partial charge in [-0.2, -0.15) is 4.98 Å². The number of carbonyl (C=O) groups is 2. The SMILES string of the molecule is C/C=C/Cn1c(N2CCC[C@H](NC(=O)OC(C)(C)C)C2)nc2c1c(=O)n(CC(=O)c1ccccc1)c(=O)n2C. The molecule has 0 aliphatic carbocycles. The molecule has 1 aromatic carbocycles. The van der Waals surface area contributed by atoms with Gasteiger partial charge in [-0.05, 0) is 40.5 Å². The summed E-state index contributed by atoms with van der Waals surface area (Å²) in [5.74, 6) is 0.194. The van der Waals surface area contributed by atoms with Crippen molar-refractivity contribution in [3.05, 3.63) is 68.9 Å². The molecule has 0 bridgehead atoms. The molecule has 1 N–H and O–H groups in total. The lowest BCUT2D eigenvalue weighted by Crippen LogP contribution is -2.49. The number of nitrogens with one attached hydrogen (secondary N) is 1. The Labute approximate surface area is 226 Å². The summed E-state index contributed by atoms with van der Waals surface area (Å²) in [6.07, 6.45) is 4.86. The van der Waals surface area contributed by atoms with Gasteiger partial charge in [0.15, 0.2) is 16.9 Å². The normalized spacial score (nSPS) is 16.1. The number of allylic oxidation sites excluding steroid dienone is 2. The number of benzene rings is 1. The van der Waals surface area contributed by atoms with Gasteiger partial charge in [0.25, 0.3) is 5.56 Å². The van der Waals surface area contributed by atoms with Crippen LogP contribution in [0.3, 0.4) is 0 Å². The van der Waals surface area contributed by atoms with E-state index in [9.17, 15) is 19.2 Å². The number of ether oxygens (including phenoxy) is 1. The molecular formula is C28H36N6O5. The first kappa shape index (κ1) is 27.9. The van der Waals surface area contributed by atoms with E-state index in [1.54, 1.807) is 41.9 Å². The lowest BCUT2D eigenvalue weighted by Gasteiger charge is -2.34. The highest BCUT2D eigenvalue weighted by molar-refractivity contribution is 5.96. The molecule has 0 saturated carbocycles. The molecule has 1 atom stereocenters. The molecule has 1 saturated heterocycles. The van der Waals surface area contributed by atoms with Gasteiger partial charge in [-0.25, -0.2) is 9.59 Å². The van der Waals surface area contributed by atoms with Crippen molar-refractivity contribution < 1.29 is 14.3 Å². The van der Waals surface area contributed by atoms with Gasteiger partial charge < -0.3 is 19.5 Å². The maximum absolute atomic E-state index is 13.7. The summed E-state index contributed by atoms with van der Waals surface area (Å²) < 4.78 is 9.47. The molecule has 0 unspecified atom stereocenters. The average Bonchev–Trinajstić information content (AvgIpc) is 3.28. The summed E-state index contributed by atoms with van der Waals surface area (Å²) in [4.78, 5) is 58.9. The second-order valence-electron chi connectivity index (χ2n) is 10.7. The predicted molar refractivity (Wildman–Crippen MR) is 149 cm³/mol. The van der Waals surface area contributed by atoms with E-state index in [-0.39, 0.29) is 29.5 Å². The smallest absolute Gasteiger partial charge is 0.407 e. The van der Waals surface area contributed by atoms with Crippen molar-refractivity contribution in [2.75, 3.05) is 18.0 Å². The molecule has 1 fully saturated rings. The minimum Gasteiger partial charge on any atom is -0.444 e. The van der Waals surface area contributed by atoms with Crippen LogP contribution in [-0.2, 0) is 24.9 Å². The molecule has 11 nitrogen and oxygen atoms in total. The molecular weight excluding hydrogens is 500 g/mol. The molecule has 39 heavy (non-hydrogen) atoms. The standard InChI is InChI=1S/C28H36N6O5/c1-6-7-16-33-22-23(30-25(33)32-15-11-14-20(17-32)29-26(37)39-28(2,3)4)31(5)27(38)34(24(22)36)18-21(35)19-12-9-8-10-13-19/h6-10,12-13,20H,11,14-18H2,1-5H3,(H,29,37)/b7-6+/t20-/m0/s1. The molecule has 3 aromatic rings. The summed E-state index contributed by atoms with van der Waals surface area (Å²) in [7, 11) is 1.55. The number of alkyl carbamates (subject to hydrolysis) is 1. The zero-order valence-corrected chi connectivity index (χ0v) is 23.1. The largest absolute Gasteiger partial charge is 0.444 e. The van der Waals surface area contributed by atoms with Crippen LogP contribution in [0.2, 0.25) is 0 Å². The van der Waals surface area contributed by atoms with Crippen molar-refractivity contribution in [3.8, 4) is 0 Å². The third-order valence-corrected chi connectivity index (χ3v) is 6.56. The van der Waals surface area contributed by atoms with E-state index in [4.69, 9.17) is 9.72 Å². The van der Waals surface area contributed by atoms with Crippen molar-refractivity contribution in [1.29, 1.82) is 0 Å². The Morgan fingerprint density at radius 2 is 1.87 bits per heavy atom. The van der Waals surface area contributed by atoms with E-state index >= 15 is 0 Å².